The summed E-state index contributed by atoms with van der Waals surface area (Å²) in [6.45, 7) is 2.32. The highest BCUT2D eigenvalue weighted by atomic mass is 32.2. The third-order valence-electron chi connectivity index (χ3n) is 7.18. The molecule has 13 heteroatoms. The van der Waals surface area contributed by atoms with Crippen LogP contribution in [0.3, 0.4) is 0 Å². The second kappa shape index (κ2) is 11.8. The number of thiophene rings is 1. The van der Waals surface area contributed by atoms with Crippen LogP contribution in [0, 0.1) is 5.92 Å². The molecule has 2 saturated heterocycles. The number of nitrogens with one attached hydrogen (secondary N) is 2. The molecule has 2 amide bonds. The van der Waals surface area contributed by atoms with E-state index in [-0.39, 0.29) is 6.54 Å². The molecule has 3 aromatic heterocycles. The fourth-order valence-electron chi connectivity index (χ4n) is 5.05. The van der Waals surface area contributed by atoms with E-state index in [4.69, 9.17) is 0 Å². The SMILES string of the molecule is O=C1NC(=O)C(=Cc2ccnc(N3CCC(CNCc4cc(C(F)(F)F)cc(-c5csc6ccccc56)n4)CC3)n2)S1. The third kappa shape index (κ3) is 6.32. The zero-order chi connectivity index (χ0) is 29.3. The monoisotopic (exact) mass is 610 g/mol. The maximum absolute atomic E-state index is 13.8. The number of nitrogens with zero attached hydrogens (tertiary/aromatic N) is 4. The molecular formula is C29H25F3N6O2S2. The van der Waals surface area contributed by atoms with Gasteiger partial charge < -0.3 is 10.2 Å². The zero-order valence-corrected chi connectivity index (χ0v) is 23.8. The van der Waals surface area contributed by atoms with Gasteiger partial charge in [0.1, 0.15) is 0 Å². The molecule has 0 atom stereocenters. The van der Waals surface area contributed by atoms with E-state index in [1.807, 2.05) is 29.6 Å². The Hall–Kier alpha value is -3.81. The number of aromatic nitrogens is 3. The van der Waals surface area contributed by atoms with E-state index >= 15 is 0 Å². The Morgan fingerprint density at radius 3 is 2.67 bits per heavy atom. The average Bonchev–Trinajstić information content (AvgIpc) is 3.55. The average molecular weight is 611 g/mol. The fourth-order valence-corrected chi connectivity index (χ4v) is 6.67. The largest absolute Gasteiger partial charge is 0.416 e. The predicted octanol–water partition coefficient (Wildman–Crippen LogP) is 6.10. The van der Waals surface area contributed by atoms with E-state index in [1.165, 1.54) is 11.3 Å². The predicted molar refractivity (Wildman–Crippen MR) is 158 cm³/mol. The molecule has 4 aromatic rings. The van der Waals surface area contributed by atoms with Gasteiger partial charge in [-0.1, -0.05) is 18.2 Å². The molecule has 6 rings (SSSR count). The first-order valence-corrected chi connectivity index (χ1v) is 15.0. The molecule has 216 valence electrons. The molecule has 42 heavy (non-hydrogen) atoms. The Kier molecular flexibility index (Phi) is 7.97. The van der Waals surface area contributed by atoms with Gasteiger partial charge in [-0.05, 0) is 67.4 Å². The first kappa shape index (κ1) is 28.3. The number of thioether (sulfide) groups is 1. The van der Waals surface area contributed by atoms with Crippen LogP contribution in [0.5, 0.6) is 0 Å². The van der Waals surface area contributed by atoms with Gasteiger partial charge in [-0.25, -0.2) is 9.97 Å². The number of fused-ring (bicyclic) bond motifs is 1. The van der Waals surface area contributed by atoms with Crippen molar-refractivity contribution in [2.24, 2.45) is 5.92 Å². The van der Waals surface area contributed by atoms with Crippen molar-refractivity contribution in [3.63, 3.8) is 0 Å². The topological polar surface area (TPSA) is 100 Å². The third-order valence-corrected chi connectivity index (χ3v) is 8.96. The van der Waals surface area contributed by atoms with Crippen molar-refractivity contribution < 1.29 is 22.8 Å². The molecule has 0 unspecified atom stereocenters. The number of alkyl halides is 3. The van der Waals surface area contributed by atoms with Gasteiger partial charge in [-0.3, -0.25) is 19.9 Å². The normalized spacial score (nSPS) is 17.4. The molecule has 0 radical (unpaired) electrons. The van der Waals surface area contributed by atoms with Crippen LogP contribution in [-0.4, -0.2) is 45.7 Å². The molecule has 2 N–H and O–H groups in total. The Bertz CT molecular complexity index is 1680. The van der Waals surface area contributed by atoms with Crippen LogP contribution in [0.2, 0.25) is 0 Å². The molecule has 0 saturated carbocycles. The molecule has 0 aliphatic carbocycles. The van der Waals surface area contributed by atoms with Crippen LogP contribution in [-0.2, 0) is 17.5 Å². The molecule has 8 nitrogen and oxygen atoms in total. The standard InChI is InChI=1S/C29H25F3N6O2S2/c30-29(31,32)18-11-20(35-23(12-18)22-16-41-24-4-2-1-3-21(22)24)15-33-14-17-6-9-38(10-7-17)27-34-8-5-19(36-27)13-25-26(39)37-28(40)42-25/h1-5,8,11-13,16-17,33H,6-7,9-10,14-15H2,(H,37,39,40). The number of benzene rings is 1. The number of rotatable bonds is 7. The van der Waals surface area contributed by atoms with Gasteiger partial charge in [0.05, 0.1) is 27.6 Å². The highest BCUT2D eigenvalue weighted by Gasteiger charge is 2.32. The number of pyridine rings is 1. The van der Waals surface area contributed by atoms with E-state index in [2.05, 4.69) is 30.5 Å². The molecule has 1 aromatic carbocycles. The number of carbonyl (C=O) groups excluding carboxylic acids is 2. The minimum atomic E-state index is -4.47. The number of amides is 2. The van der Waals surface area contributed by atoms with Crippen molar-refractivity contribution in [1.29, 1.82) is 0 Å². The van der Waals surface area contributed by atoms with E-state index in [9.17, 15) is 22.8 Å². The quantitative estimate of drug-likeness (QED) is 0.242. The first-order chi connectivity index (χ1) is 20.2. The molecule has 2 fully saturated rings. The van der Waals surface area contributed by atoms with Crippen molar-refractivity contribution in [2.75, 3.05) is 24.5 Å². The zero-order valence-electron chi connectivity index (χ0n) is 22.1. The highest BCUT2D eigenvalue weighted by Crippen LogP contribution is 2.37. The van der Waals surface area contributed by atoms with Crippen LogP contribution in [0.4, 0.5) is 23.9 Å². The summed E-state index contributed by atoms with van der Waals surface area (Å²) in [7, 11) is 0. The lowest BCUT2D eigenvalue weighted by molar-refractivity contribution is -0.137. The smallest absolute Gasteiger partial charge is 0.341 e. The van der Waals surface area contributed by atoms with Crippen molar-refractivity contribution in [3.8, 4) is 11.3 Å². The summed E-state index contributed by atoms with van der Waals surface area (Å²) in [4.78, 5) is 39.1. The lowest BCUT2D eigenvalue weighted by Gasteiger charge is -2.32. The second-order valence-corrected chi connectivity index (χ2v) is 12.0. The van der Waals surface area contributed by atoms with Crippen molar-refractivity contribution in [1.82, 2.24) is 25.6 Å². The first-order valence-electron chi connectivity index (χ1n) is 13.3. The number of carbonyl (C=O) groups is 2. The van der Waals surface area contributed by atoms with E-state index in [1.54, 1.807) is 18.3 Å². The summed E-state index contributed by atoms with van der Waals surface area (Å²) >= 11 is 2.33. The number of halogens is 3. The van der Waals surface area contributed by atoms with Gasteiger partial charge in [-0.15, -0.1) is 11.3 Å². The summed E-state index contributed by atoms with van der Waals surface area (Å²) < 4.78 is 42.3. The minimum absolute atomic E-state index is 0.229. The number of piperidine rings is 1. The number of hydrogen-bond donors (Lipinski definition) is 2. The Morgan fingerprint density at radius 2 is 1.90 bits per heavy atom. The van der Waals surface area contributed by atoms with Crippen LogP contribution in [0.15, 0.2) is 58.9 Å². The van der Waals surface area contributed by atoms with Crippen LogP contribution >= 0.6 is 23.1 Å². The molecule has 0 spiro atoms. The van der Waals surface area contributed by atoms with E-state index < -0.39 is 22.9 Å². The Balaban J connectivity index is 1.07. The van der Waals surface area contributed by atoms with Crippen molar-refractivity contribution >= 4 is 56.4 Å². The number of anilines is 1. The van der Waals surface area contributed by atoms with Crippen molar-refractivity contribution in [2.45, 2.75) is 25.6 Å². The molecule has 2 aliphatic rings. The maximum Gasteiger partial charge on any atom is 0.416 e. The van der Waals surface area contributed by atoms with Gasteiger partial charge in [0.25, 0.3) is 11.1 Å². The maximum atomic E-state index is 13.8. The number of hydrogen-bond acceptors (Lipinski definition) is 9. The lowest BCUT2D eigenvalue weighted by atomic mass is 9.97. The van der Waals surface area contributed by atoms with Gasteiger partial charge >= 0.3 is 6.18 Å². The van der Waals surface area contributed by atoms with Gasteiger partial charge in [-0.2, -0.15) is 13.2 Å². The fraction of sp³-hybridized carbons (Fsp3) is 0.276. The summed E-state index contributed by atoms with van der Waals surface area (Å²) in [6, 6.07) is 11.6. The summed E-state index contributed by atoms with van der Waals surface area (Å²) in [6.07, 6.45) is 0.436. The van der Waals surface area contributed by atoms with Crippen molar-refractivity contribution in [3.05, 3.63) is 75.9 Å². The lowest BCUT2D eigenvalue weighted by Crippen LogP contribution is -2.38. The van der Waals surface area contributed by atoms with Crippen LogP contribution < -0.4 is 15.5 Å². The molecule has 0 bridgehead atoms. The van der Waals surface area contributed by atoms with Crippen LogP contribution in [0.25, 0.3) is 27.4 Å². The molecule has 2 aliphatic heterocycles. The second-order valence-electron chi connectivity index (χ2n) is 10.1. The summed E-state index contributed by atoms with van der Waals surface area (Å²) in [5.41, 5.74) is 1.22. The molecular weight excluding hydrogens is 585 g/mol. The minimum Gasteiger partial charge on any atom is -0.341 e. The number of imide groups is 1. The van der Waals surface area contributed by atoms with Gasteiger partial charge in [0.2, 0.25) is 5.95 Å². The van der Waals surface area contributed by atoms with E-state index in [0.29, 0.717) is 46.0 Å². The molecule has 5 heterocycles. The van der Waals surface area contributed by atoms with Gasteiger partial charge in [0, 0.05) is 46.9 Å². The van der Waals surface area contributed by atoms with Gasteiger partial charge in [0.15, 0.2) is 0 Å². The summed E-state index contributed by atoms with van der Waals surface area (Å²) in [5, 5.41) is 7.89. The Morgan fingerprint density at radius 1 is 1.10 bits per heavy atom. The van der Waals surface area contributed by atoms with E-state index in [0.717, 1.165) is 59.9 Å². The highest BCUT2D eigenvalue weighted by molar-refractivity contribution is 8.18. The summed E-state index contributed by atoms with van der Waals surface area (Å²) in [5.74, 6) is 0.448. The van der Waals surface area contributed by atoms with Crippen LogP contribution in [0.1, 0.15) is 29.8 Å². The Labute approximate surface area is 247 Å².